The molecule has 0 aliphatic carbocycles. The van der Waals surface area contributed by atoms with Crippen LogP contribution in [-0.2, 0) is 4.79 Å². The van der Waals surface area contributed by atoms with Crippen LogP contribution < -0.4 is 9.80 Å². The summed E-state index contributed by atoms with van der Waals surface area (Å²) in [6.07, 6.45) is 0.476. The lowest BCUT2D eigenvalue weighted by Crippen LogP contribution is -2.49. The van der Waals surface area contributed by atoms with E-state index in [0.717, 1.165) is 18.8 Å². The maximum atomic E-state index is 13.2. The summed E-state index contributed by atoms with van der Waals surface area (Å²) in [5.41, 5.74) is 3.34. The Labute approximate surface area is 186 Å². The second-order valence-electron chi connectivity index (χ2n) is 7.78. The van der Waals surface area contributed by atoms with E-state index >= 15 is 0 Å². The lowest BCUT2D eigenvalue weighted by Gasteiger charge is -2.37. The van der Waals surface area contributed by atoms with Crippen LogP contribution in [-0.4, -0.2) is 43.5 Å². The summed E-state index contributed by atoms with van der Waals surface area (Å²) in [6, 6.07) is 23.3. The van der Waals surface area contributed by atoms with Crippen LogP contribution in [0.25, 0.3) is 0 Å². The molecule has 2 aliphatic heterocycles. The molecule has 5 rings (SSSR count). The average molecular weight is 434 g/mol. The molecule has 0 saturated carbocycles. The Balaban J connectivity index is 1.23. The van der Waals surface area contributed by atoms with Gasteiger partial charge in [-0.05, 0) is 48.5 Å². The minimum atomic E-state index is -0.225. The Morgan fingerprint density at radius 2 is 1.39 bits per heavy atom. The lowest BCUT2D eigenvalue weighted by atomic mass is 10.2. The second-order valence-corrected chi connectivity index (χ2v) is 8.87. The van der Waals surface area contributed by atoms with Crippen molar-refractivity contribution in [1.29, 1.82) is 0 Å². The lowest BCUT2D eigenvalue weighted by molar-refractivity contribution is -0.131. The number of carbonyl (C=O) groups excluding carboxylic acids is 1. The molecule has 0 bridgehead atoms. The van der Waals surface area contributed by atoms with Gasteiger partial charge in [0.15, 0.2) is 0 Å². The molecule has 0 atom stereocenters. The number of halogens is 1. The molecule has 6 heteroatoms. The zero-order valence-electron chi connectivity index (χ0n) is 17.2. The van der Waals surface area contributed by atoms with Crippen molar-refractivity contribution < 1.29 is 9.18 Å². The normalized spacial score (nSPS) is 15.5. The molecule has 0 aromatic heterocycles. The van der Waals surface area contributed by atoms with E-state index in [0.29, 0.717) is 26.1 Å². The number of anilines is 3. The number of hydrogen-bond donors (Lipinski definition) is 0. The monoisotopic (exact) mass is 433 g/mol. The van der Waals surface area contributed by atoms with Gasteiger partial charge in [0.05, 0.1) is 11.4 Å². The largest absolute Gasteiger partial charge is 0.368 e. The number of fused-ring (bicyclic) bond motifs is 2. The average Bonchev–Trinajstić information content (AvgIpc) is 2.82. The second kappa shape index (κ2) is 8.63. The predicted molar refractivity (Wildman–Crippen MR) is 124 cm³/mol. The molecule has 0 radical (unpaired) electrons. The van der Waals surface area contributed by atoms with E-state index in [1.165, 1.54) is 33.3 Å². The zero-order valence-corrected chi connectivity index (χ0v) is 18.0. The SMILES string of the molecule is O=C(CCN1c2ccccc2Sc2ccccc21)N1CCN(c2ccc(F)cc2)CC1. The fraction of sp³-hybridized carbons (Fsp3) is 0.240. The van der Waals surface area contributed by atoms with Crippen LogP contribution in [0.5, 0.6) is 0 Å². The summed E-state index contributed by atoms with van der Waals surface area (Å²) in [4.78, 5) is 21.9. The Hall–Kier alpha value is -2.99. The maximum Gasteiger partial charge on any atom is 0.224 e. The molecule has 31 heavy (non-hydrogen) atoms. The summed E-state index contributed by atoms with van der Waals surface area (Å²) in [6.45, 7) is 3.58. The van der Waals surface area contributed by atoms with Gasteiger partial charge in [-0.15, -0.1) is 0 Å². The Morgan fingerprint density at radius 3 is 2.00 bits per heavy atom. The number of para-hydroxylation sites is 2. The van der Waals surface area contributed by atoms with Gasteiger partial charge in [-0.3, -0.25) is 4.79 Å². The molecule has 0 N–H and O–H groups in total. The molecule has 2 aliphatic rings. The first-order valence-corrected chi connectivity index (χ1v) is 11.4. The fourth-order valence-electron chi connectivity index (χ4n) is 4.25. The first-order chi connectivity index (χ1) is 15.2. The standard InChI is InChI=1S/C25H24FN3OS/c26-19-9-11-20(12-10-19)27-15-17-28(18-16-27)25(30)13-14-29-21-5-1-3-7-23(21)31-24-8-4-2-6-22(24)29/h1-12H,13-18H2. The van der Waals surface area contributed by atoms with Crippen molar-refractivity contribution in [3.05, 3.63) is 78.6 Å². The van der Waals surface area contributed by atoms with Gasteiger partial charge < -0.3 is 14.7 Å². The van der Waals surface area contributed by atoms with Crippen LogP contribution in [0.2, 0.25) is 0 Å². The molecular weight excluding hydrogens is 409 g/mol. The van der Waals surface area contributed by atoms with Crippen LogP contribution in [0.1, 0.15) is 6.42 Å². The van der Waals surface area contributed by atoms with Crippen molar-refractivity contribution in [1.82, 2.24) is 4.90 Å². The van der Waals surface area contributed by atoms with Gasteiger partial charge >= 0.3 is 0 Å². The van der Waals surface area contributed by atoms with Gasteiger partial charge in [-0.25, -0.2) is 4.39 Å². The summed E-state index contributed by atoms with van der Waals surface area (Å²) in [7, 11) is 0. The number of nitrogens with zero attached hydrogens (tertiary/aromatic N) is 3. The van der Waals surface area contributed by atoms with Crippen molar-refractivity contribution in [2.24, 2.45) is 0 Å². The summed E-state index contributed by atoms with van der Waals surface area (Å²) in [5.74, 6) is -0.0382. The van der Waals surface area contributed by atoms with Crippen LogP contribution in [0.3, 0.4) is 0 Å². The van der Waals surface area contributed by atoms with Crippen LogP contribution in [0.4, 0.5) is 21.5 Å². The van der Waals surface area contributed by atoms with Gasteiger partial charge in [-0.1, -0.05) is 36.0 Å². The van der Waals surface area contributed by atoms with E-state index in [4.69, 9.17) is 0 Å². The smallest absolute Gasteiger partial charge is 0.224 e. The molecular formula is C25H24FN3OS. The predicted octanol–water partition coefficient (Wildman–Crippen LogP) is 5.17. The Bertz CT molecular complexity index is 1030. The van der Waals surface area contributed by atoms with Crippen molar-refractivity contribution >= 4 is 34.7 Å². The van der Waals surface area contributed by atoms with Gasteiger partial charge in [0, 0.05) is 54.6 Å². The molecule has 1 fully saturated rings. The molecule has 0 unspecified atom stereocenters. The Kier molecular flexibility index (Phi) is 5.55. The molecule has 0 spiro atoms. The van der Waals surface area contributed by atoms with Crippen LogP contribution in [0, 0.1) is 5.82 Å². The molecule has 3 aromatic rings. The summed E-state index contributed by atoms with van der Waals surface area (Å²) in [5, 5.41) is 0. The molecule has 158 valence electrons. The van der Waals surface area contributed by atoms with Crippen molar-refractivity contribution in [2.45, 2.75) is 16.2 Å². The van der Waals surface area contributed by atoms with Crippen LogP contribution >= 0.6 is 11.8 Å². The van der Waals surface area contributed by atoms with Gasteiger partial charge in [0.25, 0.3) is 0 Å². The van der Waals surface area contributed by atoms with Crippen molar-refractivity contribution in [3.63, 3.8) is 0 Å². The zero-order chi connectivity index (χ0) is 21.2. The van der Waals surface area contributed by atoms with Gasteiger partial charge in [0.2, 0.25) is 5.91 Å². The third-order valence-corrected chi connectivity index (χ3v) is 7.04. The number of hydrogen-bond acceptors (Lipinski definition) is 4. The number of piperazine rings is 1. The number of amides is 1. The third-order valence-electron chi connectivity index (χ3n) is 5.91. The minimum Gasteiger partial charge on any atom is -0.368 e. The number of rotatable bonds is 4. The highest BCUT2D eigenvalue weighted by atomic mass is 32.2. The highest BCUT2D eigenvalue weighted by Crippen LogP contribution is 2.47. The third kappa shape index (κ3) is 4.12. The molecule has 1 amide bonds. The maximum absolute atomic E-state index is 13.2. The summed E-state index contributed by atoms with van der Waals surface area (Å²) < 4.78 is 13.2. The van der Waals surface area contributed by atoms with E-state index in [-0.39, 0.29) is 11.7 Å². The first kappa shape index (κ1) is 19.9. The van der Waals surface area contributed by atoms with Crippen LogP contribution in [0.15, 0.2) is 82.6 Å². The molecule has 4 nitrogen and oxygen atoms in total. The van der Waals surface area contributed by atoms with Crippen molar-refractivity contribution in [2.75, 3.05) is 42.5 Å². The van der Waals surface area contributed by atoms with E-state index in [1.54, 1.807) is 23.9 Å². The highest BCUT2D eigenvalue weighted by Gasteiger charge is 2.25. The van der Waals surface area contributed by atoms with Crippen molar-refractivity contribution in [3.8, 4) is 0 Å². The Morgan fingerprint density at radius 1 is 0.806 bits per heavy atom. The highest BCUT2D eigenvalue weighted by molar-refractivity contribution is 7.99. The van der Waals surface area contributed by atoms with Gasteiger partial charge in [0.1, 0.15) is 5.82 Å². The minimum absolute atomic E-state index is 0.187. The van der Waals surface area contributed by atoms with Gasteiger partial charge in [-0.2, -0.15) is 0 Å². The molecule has 3 aromatic carbocycles. The molecule has 1 saturated heterocycles. The number of carbonyl (C=O) groups is 1. The quantitative estimate of drug-likeness (QED) is 0.567. The first-order valence-electron chi connectivity index (χ1n) is 10.6. The fourth-order valence-corrected chi connectivity index (χ4v) is 5.35. The van der Waals surface area contributed by atoms with E-state index < -0.39 is 0 Å². The topological polar surface area (TPSA) is 26.8 Å². The van der Waals surface area contributed by atoms with E-state index in [2.05, 4.69) is 58.3 Å². The summed E-state index contributed by atoms with van der Waals surface area (Å²) >= 11 is 1.78. The molecule has 2 heterocycles. The van der Waals surface area contributed by atoms with E-state index in [9.17, 15) is 9.18 Å². The number of benzene rings is 3. The van der Waals surface area contributed by atoms with E-state index in [1.807, 2.05) is 4.90 Å².